The van der Waals surface area contributed by atoms with Gasteiger partial charge in [0.1, 0.15) is 24.5 Å². The van der Waals surface area contributed by atoms with E-state index in [2.05, 4.69) is 9.72 Å². The summed E-state index contributed by atoms with van der Waals surface area (Å²) in [6.45, 7) is -0.541. The molecule has 0 bridgehead atoms. The van der Waals surface area contributed by atoms with Crippen molar-refractivity contribution in [3.63, 3.8) is 0 Å². The third-order valence-electron chi connectivity index (χ3n) is 5.11. The van der Waals surface area contributed by atoms with Crippen molar-refractivity contribution in [2.45, 2.75) is 24.5 Å². The number of fused-ring (bicyclic) bond motifs is 1. The average Bonchev–Trinajstić information content (AvgIpc) is 3.40. The molecule has 12 heteroatoms. The molecule has 168 valence electrons. The van der Waals surface area contributed by atoms with Gasteiger partial charge in [0.25, 0.3) is 5.91 Å². The zero-order valence-corrected chi connectivity index (χ0v) is 16.9. The molecular weight excluding hydrogens is 444 g/mol. The van der Waals surface area contributed by atoms with Crippen molar-refractivity contribution >= 4 is 17.2 Å². The topological polar surface area (TPSA) is 70.1 Å². The minimum Gasteiger partial charge on any atom is -0.488 e. The van der Waals surface area contributed by atoms with Gasteiger partial charge in [0.2, 0.25) is 0 Å². The minimum atomic E-state index is -4.78. The molecule has 0 aliphatic carbocycles. The number of carbonyl (C=O) groups excluding carboxylic acids is 1. The maximum Gasteiger partial charge on any atom is 0.522 e. The molecule has 2 atom stereocenters. The Morgan fingerprint density at radius 3 is 2.90 bits per heavy atom. The highest BCUT2D eigenvalue weighted by atomic mass is 32.1. The highest BCUT2D eigenvalue weighted by Crippen LogP contribution is 2.43. The summed E-state index contributed by atoms with van der Waals surface area (Å²) < 4.78 is 70.2. The van der Waals surface area contributed by atoms with E-state index in [9.17, 15) is 22.4 Å². The Balaban J connectivity index is 1.38. The molecule has 2 aliphatic rings. The highest BCUT2D eigenvalue weighted by molar-refractivity contribution is 7.09. The Morgan fingerprint density at radius 2 is 2.19 bits per heavy atom. The van der Waals surface area contributed by atoms with Crippen LogP contribution >= 0.6 is 11.3 Å². The van der Waals surface area contributed by atoms with Gasteiger partial charge in [0, 0.05) is 30.1 Å². The van der Waals surface area contributed by atoms with E-state index in [0.717, 1.165) is 11.1 Å². The number of rotatable bonds is 6. The van der Waals surface area contributed by atoms with Crippen molar-refractivity contribution < 1.29 is 41.3 Å². The molecule has 3 heterocycles. The first kappa shape index (κ1) is 21.9. The number of likely N-dealkylation sites (tertiary alicyclic amines) is 1. The first-order chi connectivity index (χ1) is 14.8. The number of carbonyl (C=O) groups is 1. The monoisotopic (exact) mass is 462 g/mol. The summed E-state index contributed by atoms with van der Waals surface area (Å²) in [5.74, 6) is -1.52. The highest BCUT2D eigenvalue weighted by Gasteiger charge is 2.52. The predicted octanol–water partition coefficient (Wildman–Crippen LogP) is 3.31. The van der Waals surface area contributed by atoms with Gasteiger partial charge < -0.3 is 19.1 Å². The second kappa shape index (κ2) is 8.69. The summed E-state index contributed by atoms with van der Waals surface area (Å²) in [5.41, 5.74) is -0.594. The van der Waals surface area contributed by atoms with Crippen LogP contribution in [0.4, 0.5) is 17.6 Å². The van der Waals surface area contributed by atoms with Crippen LogP contribution in [0.3, 0.4) is 0 Å². The number of hydrogen-bond donors (Lipinski definition) is 0. The van der Waals surface area contributed by atoms with Crippen molar-refractivity contribution in [1.29, 1.82) is 0 Å². The van der Waals surface area contributed by atoms with Crippen molar-refractivity contribution in [3.05, 3.63) is 46.2 Å². The van der Waals surface area contributed by atoms with Crippen LogP contribution in [0.1, 0.15) is 21.8 Å². The van der Waals surface area contributed by atoms with Crippen LogP contribution in [-0.4, -0.2) is 61.4 Å². The molecule has 31 heavy (non-hydrogen) atoms. The van der Waals surface area contributed by atoms with Gasteiger partial charge in [-0.15, -0.1) is 24.5 Å². The van der Waals surface area contributed by atoms with Crippen LogP contribution in [0.5, 0.6) is 5.75 Å². The lowest BCUT2D eigenvalue weighted by atomic mass is 9.89. The second-order valence-corrected chi connectivity index (χ2v) is 7.83. The molecule has 1 aromatic heterocycles. The smallest absolute Gasteiger partial charge is 0.488 e. The average molecular weight is 462 g/mol. The van der Waals surface area contributed by atoms with E-state index < -0.39 is 43.0 Å². The summed E-state index contributed by atoms with van der Waals surface area (Å²) in [6.07, 6.45) is -3.00. The zero-order valence-electron chi connectivity index (χ0n) is 16.1. The third kappa shape index (κ3) is 4.66. The molecule has 7 nitrogen and oxygen atoms in total. The molecule has 0 saturated carbocycles. The summed E-state index contributed by atoms with van der Waals surface area (Å²) in [6, 6.07) is 3.56. The van der Waals surface area contributed by atoms with Crippen LogP contribution in [0.2, 0.25) is 0 Å². The Labute approximate surface area is 178 Å². The molecule has 2 saturated heterocycles. The predicted molar refractivity (Wildman–Crippen MR) is 99.0 cm³/mol. The largest absolute Gasteiger partial charge is 0.522 e. The van der Waals surface area contributed by atoms with Crippen LogP contribution in [0.25, 0.3) is 0 Å². The Morgan fingerprint density at radius 1 is 1.35 bits per heavy atom. The molecule has 1 unspecified atom stereocenters. The molecular formula is C19H18F4N2O5S. The first-order valence-corrected chi connectivity index (χ1v) is 10.2. The number of nitrogens with zero attached hydrogens (tertiary/aromatic N) is 2. The quantitative estimate of drug-likeness (QED) is 0.485. The van der Waals surface area contributed by atoms with Gasteiger partial charge in [0.15, 0.2) is 17.2 Å². The van der Waals surface area contributed by atoms with Crippen LogP contribution in [0.15, 0.2) is 29.8 Å². The van der Waals surface area contributed by atoms with E-state index in [-0.39, 0.29) is 24.7 Å². The number of hydrogen-bond acceptors (Lipinski definition) is 7. The number of amides is 1. The molecule has 2 fully saturated rings. The molecule has 2 aromatic rings. The number of benzene rings is 1. The second-order valence-electron chi connectivity index (χ2n) is 6.93. The Kier molecular flexibility index (Phi) is 6.15. The summed E-state index contributed by atoms with van der Waals surface area (Å²) >= 11 is 1.46. The van der Waals surface area contributed by atoms with E-state index >= 15 is 0 Å². The number of halogens is 4. The van der Waals surface area contributed by atoms with Crippen molar-refractivity contribution in [2.24, 2.45) is 0 Å². The van der Waals surface area contributed by atoms with Gasteiger partial charge in [-0.1, -0.05) is 0 Å². The number of piperidine rings is 1. The fraction of sp³-hybridized carbons (Fsp3) is 0.474. The van der Waals surface area contributed by atoms with Crippen molar-refractivity contribution in [1.82, 2.24) is 9.88 Å². The third-order valence-corrected chi connectivity index (χ3v) is 6.04. The van der Waals surface area contributed by atoms with Gasteiger partial charge in [-0.25, -0.2) is 9.37 Å². The molecule has 4 rings (SSSR count). The van der Waals surface area contributed by atoms with Crippen LogP contribution < -0.4 is 4.74 Å². The van der Waals surface area contributed by atoms with E-state index in [1.54, 1.807) is 11.1 Å². The van der Waals surface area contributed by atoms with E-state index in [0.29, 0.717) is 13.0 Å². The standard InChI is InChI=1S/C19H18F4N2O5S/c20-13-9-12(1-2-14(13)27-6-7-29-19(21,22)23)16(26)25-5-3-18(17-24-4-8-31-17)15(10-25)28-11-30-18/h1-2,4,8-9,15H,3,5-7,10-11H2/t15?,18-/m1/s1. The number of ether oxygens (including phenoxy) is 4. The van der Waals surface area contributed by atoms with E-state index in [1.165, 1.54) is 23.5 Å². The molecule has 0 N–H and O–H groups in total. The van der Waals surface area contributed by atoms with Crippen LogP contribution in [0, 0.1) is 5.82 Å². The van der Waals surface area contributed by atoms with Gasteiger partial charge in [-0.05, 0) is 18.2 Å². The maximum atomic E-state index is 14.3. The van der Waals surface area contributed by atoms with Gasteiger partial charge in [-0.3, -0.25) is 9.53 Å². The number of aromatic nitrogens is 1. The van der Waals surface area contributed by atoms with E-state index in [4.69, 9.17) is 14.2 Å². The molecule has 0 spiro atoms. The van der Waals surface area contributed by atoms with Gasteiger partial charge in [0.05, 0.1) is 13.2 Å². The van der Waals surface area contributed by atoms with Gasteiger partial charge >= 0.3 is 6.36 Å². The number of alkyl halides is 3. The molecule has 2 aliphatic heterocycles. The lowest BCUT2D eigenvalue weighted by Crippen LogP contribution is -2.53. The Bertz CT molecular complexity index is 927. The normalized spacial score (nSPS) is 23.6. The van der Waals surface area contributed by atoms with E-state index in [1.807, 2.05) is 5.38 Å². The van der Waals surface area contributed by atoms with Crippen LogP contribution in [-0.2, 0) is 19.8 Å². The lowest BCUT2D eigenvalue weighted by molar-refractivity contribution is -0.325. The summed E-state index contributed by atoms with van der Waals surface area (Å²) in [4.78, 5) is 18.8. The fourth-order valence-corrected chi connectivity index (χ4v) is 4.50. The molecule has 1 amide bonds. The number of thiazole rings is 1. The van der Waals surface area contributed by atoms with Gasteiger partial charge in [-0.2, -0.15) is 0 Å². The maximum absolute atomic E-state index is 14.3. The van der Waals surface area contributed by atoms with Crippen molar-refractivity contribution in [2.75, 3.05) is 33.1 Å². The molecule has 0 radical (unpaired) electrons. The minimum absolute atomic E-state index is 0.0945. The fourth-order valence-electron chi connectivity index (χ4n) is 3.64. The SMILES string of the molecule is O=C(c1ccc(OCCOC(F)(F)F)c(F)c1)N1CC[C@@]2(c3nccs3)OCOC2C1. The summed E-state index contributed by atoms with van der Waals surface area (Å²) in [7, 11) is 0. The zero-order chi connectivity index (χ0) is 22.1. The Hall–Kier alpha value is -2.28. The first-order valence-electron chi connectivity index (χ1n) is 9.36. The lowest BCUT2D eigenvalue weighted by Gasteiger charge is -2.40. The summed E-state index contributed by atoms with van der Waals surface area (Å²) in [5, 5.41) is 2.64. The van der Waals surface area contributed by atoms with Crippen molar-refractivity contribution in [3.8, 4) is 5.75 Å². The molecule has 1 aromatic carbocycles.